The second-order valence-electron chi connectivity index (χ2n) is 3.68. The van der Waals surface area contributed by atoms with Gasteiger partial charge < -0.3 is 4.90 Å². The van der Waals surface area contributed by atoms with E-state index in [0.717, 1.165) is 10.2 Å². The molecule has 1 amide bonds. The van der Waals surface area contributed by atoms with E-state index in [1.807, 2.05) is 20.0 Å². The maximum Gasteiger partial charge on any atom is 0.264 e. The van der Waals surface area contributed by atoms with Crippen molar-refractivity contribution >= 4 is 53.9 Å². The van der Waals surface area contributed by atoms with Crippen LogP contribution in [0.5, 0.6) is 0 Å². The summed E-state index contributed by atoms with van der Waals surface area (Å²) < 4.78 is 2.40. The summed E-state index contributed by atoms with van der Waals surface area (Å²) in [6.07, 6.45) is 0. The predicted octanol–water partition coefficient (Wildman–Crippen LogP) is 3.82. The van der Waals surface area contributed by atoms with E-state index < -0.39 is 0 Å². The van der Waals surface area contributed by atoms with Crippen LogP contribution in [0.15, 0.2) is 17.5 Å². The molecule has 2 aromatic rings. The second kappa shape index (κ2) is 4.85. The summed E-state index contributed by atoms with van der Waals surface area (Å²) in [4.78, 5) is 14.7. The molecule has 2 heterocycles. The van der Waals surface area contributed by atoms with E-state index in [2.05, 4.69) is 27.4 Å². The SMILES string of the molecule is CC(CBr)N(C)C(=O)c1cc2sccc2s1. The van der Waals surface area contributed by atoms with Crippen molar-refractivity contribution in [2.24, 2.45) is 0 Å². The lowest BCUT2D eigenvalue weighted by atomic mass is 10.3. The van der Waals surface area contributed by atoms with Gasteiger partial charge in [-0.3, -0.25) is 4.79 Å². The molecule has 0 bridgehead atoms. The highest BCUT2D eigenvalue weighted by Crippen LogP contribution is 2.30. The van der Waals surface area contributed by atoms with Gasteiger partial charge in [-0.2, -0.15) is 0 Å². The quantitative estimate of drug-likeness (QED) is 0.788. The molecule has 0 aromatic carbocycles. The van der Waals surface area contributed by atoms with Crippen LogP contribution in [0.1, 0.15) is 16.6 Å². The molecule has 0 saturated carbocycles. The Morgan fingerprint density at radius 2 is 2.31 bits per heavy atom. The summed E-state index contributed by atoms with van der Waals surface area (Å²) >= 11 is 6.65. The smallest absolute Gasteiger partial charge is 0.264 e. The molecule has 0 radical (unpaired) electrons. The summed E-state index contributed by atoms with van der Waals surface area (Å²) in [6, 6.07) is 4.27. The van der Waals surface area contributed by atoms with Crippen molar-refractivity contribution in [1.82, 2.24) is 4.90 Å². The number of amides is 1. The fourth-order valence-corrected chi connectivity index (χ4v) is 3.87. The highest BCUT2D eigenvalue weighted by atomic mass is 79.9. The third kappa shape index (κ3) is 2.17. The number of halogens is 1. The van der Waals surface area contributed by atoms with Crippen LogP contribution in [-0.2, 0) is 0 Å². The third-order valence-corrected chi connectivity index (χ3v) is 5.57. The minimum Gasteiger partial charge on any atom is -0.337 e. The molecule has 0 fully saturated rings. The topological polar surface area (TPSA) is 20.3 Å². The summed E-state index contributed by atoms with van der Waals surface area (Å²) in [5, 5.41) is 2.86. The summed E-state index contributed by atoms with van der Waals surface area (Å²) in [7, 11) is 1.85. The predicted molar refractivity (Wildman–Crippen MR) is 75.1 cm³/mol. The Balaban J connectivity index is 2.24. The van der Waals surface area contributed by atoms with E-state index in [-0.39, 0.29) is 11.9 Å². The number of hydrogen-bond donors (Lipinski definition) is 0. The van der Waals surface area contributed by atoms with Crippen LogP contribution in [0.25, 0.3) is 9.40 Å². The first kappa shape index (κ1) is 12.1. The van der Waals surface area contributed by atoms with Crippen molar-refractivity contribution in [3.8, 4) is 0 Å². The minimum absolute atomic E-state index is 0.111. The van der Waals surface area contributed by atoms with Gasteiger partial charge in [0.05, 0.1) is 4.88 Å². The first-order valence-electron chi connectivity index (χ1n) is 4.93. The monoisotopic (exact) mass is 317 g/mol. The lowest BCUT2D eigenvalue weighted by molar-refractivity contribution is 0.0763. The Labute approximate surface area is 111 Å². The zero-order chi connectivity index (χ0) is 11.7. The van der Waals surface area contributed by atoms with Crippen LogP contribution in [-0.4, -0.2) is 29.2 Å². The third-order valence-electron chi connectivity index (χ3n) is 2.55. The van der Waals surface area contributed by atoms with Crippen LogP contribution in [0.2, 0.25) is 0 Å². The van der Waals surface area contributed by atoms with Crippen molar-refractivity contribution < 1.29 is 4.79 Å². The number of rotatable bonds is 3. The van der Waals surface area contributed by atoms with Gasteiger partial charge >= 0.3 is 0 Å². The molecule has 0 saturated heterocycles. The molecule has 2 rings (SSSR count). The van der Waals surface area contributed by atoms with Gasteiger partial charge in [0.15, 0.2) is 0 Å². The van der Waals surface area contributed by atoms with Gasteiger partial charge in [0.2, 0.25) is 0 Å². The van der Waals surface area contributed by atoms with Gasteiger partial charge in [-0.05, 0) is 24.4 Å². The van der Waals surface area contributed by atoms with E-state index in [1.54, 1.807) is 27.6 Å². The molecule has 5 heteroatoms. The fourth-order valence-electron chi connectivity index (χ4n) is 1.35. The van der Waals surface area contributed by atoms with Crippen molar-refractivity contribution in [3.05, 3.63) is 22.4 Å². The minimum atomic E-state index is 0.111. The van der Waals surface area contributed by atoms with Crippen molar-refractivity contribution in [2.45, 2.75) is 13.0 Å². The molecule has 16 heavy (non-hydrogen) atoms. The number of hydrogen-bond acceptors (Lipinski definition) is 3. The van der Waals surface area contributed by atoms with E-state index in [9.17, 15) is 4.79 Å². The molecule has 0 N–H and O–H groups in total. The highest BCUT2D eigenvalue weighted by molar-refractivity contribution is 9.09. The first-order chi connectivity index (χ1) is 7.63. The number of nitrogens with zero attached hydrogens (tertiary/aromatic N) is 1. The van der Waals surface area contributed by atoms with Gasteiger partial charge in [-0.1, -0.05) is 15.9 Å². The number of thiophene rings is 2. The molecule has 0 aliphatic carbocycles. The van der Waals surface area contributed by atoms with Crippen molar-refractivity contribution in [1.29, 1.82) is 0 Å². The van der Waals surface area contributed by atoms with Crippen molar-refractivity contribution in [2.75, 3.05) is 12.4 Å². The Kier molecular flexibility index (Phi) is 3.66. The van der Waals surface area contributed by atoms with E-state index >= 15 is 0 Å². The molecule has 1 unspecified atom stereocenters. The molecule has 86 valence electrons. The zero-order valence-corrected chi connectivity index (χ0v) is 12.3. The molecular weight excluding hydrogens is 306 g/mol. The molecule has 1 atom stereocenters. The number of fused-ring (bicyclic) bond motifs is 1. The lowest BCUT2D eigenvalue weighted by Crippen LogP contribution is -2.35. The molecular formula is C11H12BrNOS2. The standard InChI is InChI=1S/C11H12BrNOS2/c1-7(6-12)13(2)11(14)10-5-9-8(16-10)3-4-15-9/h3-5,7H,6H2,1-2H3. The maximum absolute atomic E-state index is 12.1. The summed E-state index contributed by atoms with van der Waals surface area (Å²) in [6.45, 7) is 2.03. The molecule has 0 aliphatic rings. The normalized spacial score (nSPS) is 12.9. The van der Waals surface area contributed by atoms with Crippen LogP contribution < -0.4 is 0 Å². The average molecular weight is 318 g/mol. The lowest BCUT2D eigenvalue weighted by Gasteiger charge is -2.22. The average Bonchev–Trinajstić information content (AvgIpc) is 2.85. The van der Waals surface area contributed by atoms with E-state index in [0.29, 0.717) is 0 Å². The zero-order valence-electron chi connectivity index (χ0n) is 9.07. The van der Waals surface area contributed by atoms with Crippen LogP contribution in [0, 0.1) is 0 Å². The summed E-state index contributed by atoms with van der Waals surface area (Å²) in [5.41, 5.74) is 0. The van der Waals surface area contributed by atoms with Crippen LogP contribution in [0.3, 0.4) is 0 Å². The van der Waals surface area contributed by atoms with E-state index in [4.69, 9.17) is 0 Å². The van der Waals surface area contributed by atoms with Gasteiger partial charge in [0.25, 0.3) is 5.91 Å². The molecule has 0 spiro atoms. The number of carbonyl (C=O) groups excluding carboxylic acids is 1. The Morgan fingerprint density at radius 3 is 2.94 bits per heavy atom. The van der Waals surface area contributed by atoms with Gasteiger partial charge in [-0.15, -0.1) is 22.7 Å². The first-order valence-corrected chi connectivity index (χ1v) is 7.75. The number of alkyl halides is 1. The molecule has 0 aliphatic heterocycles. The van der Waals surface area contributed by atoms with Gasteiger partial charge in [0.1, 0.15) is 0 Å². The van der Waals surface area contributed by atoms with E-state index in [1.165, 1.54) is 9.40 Å². The van der Waals surface area contributed by atoms with Crippen LogP contribution >= 0.6 is 38.6 Å². The van der Waals surface area contributed by atoms with Gasteiger partial charge in [-0.25, -0.2) is 0 Å². The van der Waals surface area contributed by atoms with Crippen molar-refractivity contribution in [3.63, 3.8) is 0 Å². The maximum atomic E-state index is 12.1. The van der Waals surface area contributed by atoms with Crippen LogP contribution in [0.4, 0.5) is 0 Å². The number of carbonyl (C=O) groups is 1. The second-order valence-corrected chi connectivity index (χ2v) is 6.36. The summed E-state index contributed by atoms with van der Waals surface area (Å²) in [5.74, 6) is 0.111. The largest absolute Gasteiger partial charge is 0.337 e. The Hall–Kier alpha value is -0.390. The Morgan fingerprint density at radius 1 is 1.56 bits per heavy atom. The van der Waals surface area contributed by atoms with Gasteiger partial charge in [0, 0.05) is 27.8 Å². The highest BCUT2D eigenvalue weighted by Gasteiger charge is 2.18. The fraction of sp³-hybridized carbons (Fsp3) is 0.364. The molecule has 2 aromatic heterocycles. The molecule has 2 nitrogen and oxygen atoms in total. The Bertz CT molecular complexity index is 476.